The smallest absolute Gasteiger partial charge is 0.373 e. The molecule has 0 aliphatic rings. The molecule has 12 heteroatoms. The molecule has 0 spiro atoms. The Kier molecular flexibility index (Phi) is 16.5. The number of hydrogen-bond donors (Lipinski definition) is 1. The first-order valence-electron chi connectivity index (χ1n) is 7.96. The second-order valence-corrected chi connectivity index (χ2v) is 7.26. The zero-order chi connectivity index (χ0) is 24.3. The van der Waals surface area contributed by atoms with Crippen molar-refractivity contribution in [2.24, 2.45) is 10.3 Å². The van der Waals surface area contributed by atoms with Crippen LogP contribution >= 0.6 is 11.6 Å². The summed E-state index contributed by atoms with van der Waals surface area (Å²) in [4.78, 5) is 32.5. The Bertz CT molecular complexity index is 994. The van der Waals surface area contributed by atoms with E-state index in [4.69, 9.17) is 36.0 Å². The summed E-state index contributed by atoms with van der Waals surface area (Å²) in [6.45, 7) is 3.95. The minimum Gasteiger partial charge on any atom is -0.411 e. The van der Waals surface area contributed by atoms with Crippen LogP contribution in [0.15, 0.2) is 58.8 Å². The van der Waals surface area contributed by atoms with E-state index in [2.05, 4.69) is 14.6 Å². The third-order valence-electron chi connectivity index (χ3n) is 2.83. The summed E-state index contributed by atoms with van der Waals surface area (Å²) >= 11 is 5.73. The fourth-order valence-electron chi connectivity index (χ4n) is 1.56. The van der Waals surface area contributed by atoms with Crippen LogP contribution in [0, 0.1) is 13.8 Å². The van der Waals surface area contributed by atoms with Crippen LogP contribution in [-0.2, 0) is 33.6 Å². The van der Waals surface area contributed by atoms with E-state index in [-0.39, 0.29) is 17.5 Å². The zero-order valence-corrected chi connectivity index (χ0v) is 18.3. The van der Waals surface area contributed by atoms with Crippen molar-refractivity contribution in [2.45, 2.75) is 13.8 Å². The van der Waals surface area contributed by atoms with Gasteiger partial charge in [-0.3, -0.25) is 4.28 Å². The van der Waals surface area contributed by atoms with E-state index in [0.29, 0.717) is 5.56 Å². The van der Waals surface area contributed by atoms with Crippen LogP contribution < -0.4 is 0 Å². The Balaban J connectivity index is 0. The molecule has 166 valence electrons. The van der Waals surface area contributed by atoms with Gasteiger partial charge in [0.25, 0.3) is 0 Å². The van der Waals surface area contributed by atoms with Gasteiger partial charge in [0.15, 0.2) is 5.17 Å². The van der Waals surface area contributed by atoms with E-state index in [9.17, 15) is 8.42 Å². The van der Waals surface area contributed by atoms with E-state index in [1.807, 2.05) is 50.2 Å². The molecule has 0 aromatic heterocycles. The molecule has 10 nitrogen and oxygen atoms in total. The lowest BCUT2D eigenvalue weighted by Crippen LogP contribution is -2.00. The van der Waals surface area contributed by atoms with Gasteiger partial charge in [-0.15, -0.1) is 0 Å². The van der Waals surface area contributed by atoms with Crippen molar-refractivity contribution in [1.29, 1.82) is 0 Å². The summed E-state index contributed by atoms with van der Waals surface area (Å²) in [6, 6.07) is 14.9. The van der Waals surface area contributed by atoms with Gasteiger partial charge in [-0.05, 0) is 19.4 Å². The van der Waals surface area contributed by atoms with E-state index in [1.165, 1.54) is 11.8 Å². The maximum absolute atomic E-state index is 10.6. The number of hydrogen-bond acceptors (Lipinski definition) is 10. The predicted molar refractivity (Wildman–Crippen MR) is 110 cm³/mol. The van der Waals surface area contributed by atoms with Gasteiger partial charge in [0.2, 0.25) is 0 Å². The average molecular weight is 471 g/mol. The van der Waals surface area contributed by atoms with Gasteiger partial charge in [-0.2, -0.15) is 27.6 Å². The SMILES string of the molecule is Cc1ccc(/C(Cl)=N/OS(C)(=O)=O)cc1.Cc1ccc(/C=N/O)cc1.O=C=O.O=C=O. The first kappa shape index (κ1) is 29.6. The fourth-order valence-corrected chi connectivity index (χ4v) is 1.97. The van der Waals surface area contributed by atoms with E-state index in [0.717, 1.165) is 17.4 Å². The van der Waals surface area contributed by atoms with Gasteiger partial charge in [-0.1, -0.05) is 81.6 Å². The number of oxime groups is 2. The number of benzene rings is 2. The van der Waals surface area contributed by atoms with Crippen LogP contribution in [0.2, 0.25) is 0 Å². The zero-order valence-electron chi connectivity index (χ0n) is 16.7. The van der Waals surface area contributed by atoms with E-state index >= 15 is 0 Å². The topological polar surface area (TPSA) is 157 Å². The summed E-state index contributed by atoms with van der Waals surface area (Å²) in [7, 11) is -3.61. The Morgan fingerprint density at radius 3 is 1.68 bits per heavy atom. The first-order chi connectivity index (χ1) is 14.5. The summed E-state index contributed by atoms with van der Waals surface area (Å²) in [5, 5.41) is 14.4. The minimum atomic E-state index is -3.61. The molecule has 0 radical (unpaired) electrons. The van der Waals surface area contributed by atoms with Crippen molar-refractivity contribution in [3.8, 4) is 0 Å². The van der Waals surface area contributed by atoms with Crippen LogP contribution in [0.25, 0.3) is 0 Å². The standard InChI is InChI=1S/C9H10ClNO3S.C8H9NO.2CO2/c1-7-3-5-8(6-4-7)9(10)11-14-15(2,12)13;1-7-2-4-8(5-3-7)6-9-10;2*2-1-3/h3-6H,1-2H3;2-6,10H,1H3;;/b11-9-;9-6+;;. The number of nitrogens with zero attached hydrogens (tertiary/aromatic N) is 2. The van der Waals surface area contributed by atoms with Crippen molar-refractivity contribution >= 4 is 45.4 Å². The molecule has 31 heavy (non-hydrogen) atoms. The molecule has 0 atom stereocenters. The molecule has 1 N–H and O–H groups in total. The number of halogens is 1. The quantitative estimate of drug-likeness (QED) is 0.405. The second kappa shape index (κ2) is 17.3. The monoisotopic (exact) mass is 470 g/mol. The molecule has 0 unspecified atom stereocenters. The fraction of sp³-hybridized carbons (Fsp3) is 0.158. The molecular weight excluding hydrogens is 452 g/mol. The van der Waals surface area contributed by atoms with Gasteiger partial charge in [0.05, 0.1) is 12.5 Å². The molecule has 0 saturated heterocycles. The lowest BCUT2D eigenvalue weighted by Gasteiger charge is -1.98. The molecule has 0 saturated carbocycles. The van der Waals surface area contributed by atoms with Crippen molar-refractivity contribution < 1.29 is 37.1 Å². The van der Waals surface area contributed by atoms with Gasteiger partial charge in [-0.25, -0.2) is 0 Å². The number of rotatable bonds is 4. The molecular formula is C19H19ClN2O8S. The minimum absolute atomic E-state index is 0.000394. The lowest BCUT2D eigenvalue weighted by atomic mass is 10.2. The van der Waals surface area contributed by atoms with Gasteiger partial charge in [0, 0.05) is 5.56 Å². The highest BCUT2D eigenvalue weighted by Crippen LogP contribution is 2.08. The van der Waals surface area contributed by atoms with Gasteiger partial charge < -0.3 is 5.21 Å². The van der Waals surface area contributed by atoms with Crippen LogP contribution in [0.5, 0.6) is 0 Å². The van der Waals surface area contributed by atoms with E-state index in [1.54, 1.807) is 12.1 Å². The van der Waals surface area contributed by atoms with Crippen molar-refractivity contribution in [1.82, 2.24) is 0 Å². The molecule has 0 bridgehead atoms. The lowest BCUT2D eigenvalue weighted by molar-refractivity contribution is -0.193. The van der Waals surface area contributed by atoms with Crippen LogP contribution in [0.4, 0.5) is 0 Å². The largest absolute Gasteiger partial charge is 0.411 e. The maximum atomic E-state index is 10.6. The maximum Gasteiger partial charge on any atom is 0.373 e. The first-order valence-corrected chi connectivity index (χ1v) is 10.2. The van der Waals surface area contributed by atoms with Crippen LogP contribution in [-0.4, -0.2) is 43.6 Å². The third kappa shape index (κ3) is 18.2. The molecule has 0 aliphatic heterocycles. The van der Waals surface area contributed by atoms with Gasteiger partial charge >= 0.3 is 22.4 Å². The molecule has 0 fully saturated rings. The van der Waals surface area contributed by atoms with E-state index < -0.39 is 10.1 Å². The molecule has 0 amide bonds. The Hall–Kier alpha value is -3.62. The van der Waals surface area contributed by atoms with Crippen molar-refractivity contribution in [3.05, 3.63) is 70.8 Å². The van der Waals surface area contributed by atoms with Crippen molar-refractivity contribution in [2.75, 3.05) is 6.26 Å². The highest BCUT2D eigenvalue weighted by atomic mass is 35.5. The van der Waals surface area contributed by atoms with Crippen LogP contribution in [0.1, 0.15) is 22.3 Å². The number of carbonyl (C=O) groups excluding carboxylic acids is 4. The predicted octanol–water partition coefficient (Wildman–Crippen LogP) is 2.51. The van der Waals surface area contributed by atoms with Crippen molar-refractivity contribution in [3.63, 3.8) is 0 Å². The molecule has 0 heterocycles. The van der Waals surface area contributed by atoms with Gasteiger partial charge in [0.1, 0.15) is 0 Å². The summed E-state index contributed by atoms with van der Waals surface area (Å²) in [6.07, 6.45) is 2.80. The Morgan fingerprint density at radius 2 is 1.32 bits per heavy atom. The third-order valence-corrected chi connectivity index (χ3v) is 3.46. The highest BCUT2D eigenvalue weighted by Gasteiger charge is 2.04. The average Bonchev–Trinajstić information content (AvgIpc) is 2.70. The number of aryl methyl sites for hydroxylation is 2. The summed E-state index contributed by atoms with van der Waals surface area (Å²) in [5.41, 5.74) is 3.79. The van der Waals surface area contributed by atoms with Crippen LogP contribution in [0.3, 0.4) is 0 Å². The molecule has 0 aliphatic carbocycles. The molecule has 2 rings (SSSR count). The second-order valence-electron chi connectivity index (χ2n) is 5.35. The normalized spacial score (nSPS) is 10.0. The Labute approximate surface area is 183 Å². The highest BCUT2D eigenvalue weighted by molar-refractivity contribution is 7.85. The Morgan fingerprint density at radius 1 is 0.935 bits per heavy atom. The summed E-state index contributed by atoms with van der Waals surface area (Å²) in [5.74, 6) is 0. The molecule has 2 aromatic carbocycles. The molecule has 2 aromatic rings. The summed E-state index contributed by atoms with van der Waals surface area (Å²) < 4.78 is 25.5.